The number of benzene rings is 1. The van der Waals surface area contributed by atoms with Crippen molar-refractivity contribution in [1.29, 1.82) is 0 Å². The van der Waals surface area contributed by atoms with E-state index < -0.39 is 10.0 Å². The molecular weight excluding hydrogens is 388 g/mol. The number of sulfonamides is 1. The zero-order chi connectivity index (χ0) is 21.1. The topological polar surface area (TPSA) is 102 Å². The van der Waals surface area contributed by atoms with Crippen molar-refractivity contribution in [3.63, 3.8) is 0 Å². The van der Waals surface area contributed by atoms with Crippen LogP contribution in [-0.4, -0.2) is 41.3 Å². The van der Waals surface area contributed by atoms with E-state index in [4.69, 9.17) is 0 Å². The van der Waals surface area contributed by atoms with Gasteiger partial charge < -0.3 is 5.32 Å². The van der Waals surface area contributed by atoms with E-state index in [1.54, 1.807) is 23.0 Å². The highest BCUT2D eigenvalue weighted by atomic mass is 32.2. The maximum Gasteiger partial charge on any atom is 0.240 e. The molecule has 0 saturated heterocycles. The molecule has 2 aromatic heterocycles. The molecule has 3 rings (SSSR count). The molecule has 3 aromatic rings. The number of aromatic nitrogens is 4. The highest BCUT2D eigenvalue weighted by Crippen LogP contribution is 2.23. The molecule has 0 amide bonds. The Balaban J connectivity index is 1.68. The summed E-state index contributed by atoms with van der Waals surface area (Å²) in [5.41, 5.74) is 1.74. The Hall–Kier alpha value is -2.52. The molecule has 29 heavy (non-hydrogen) atoms. The van der Waals surface area contributed by atoms with Crippen molar-refractivity contribution in [1.82, 2.24) is 24.5 Å². The van der Waals surface area contributed by atoms with Crippen molar-refractivity contribution < 1.29 is 8.42 Å². The quantitative estimate of drug-likeness (QED) is 0.585. The molecule has 0 bridgehead atoms. The normalized spacial score (nSPS) is 12.4. The van der Waals surface area contributed by atoms with Gasteiger partial charge in [0, 0.05) is 13.1 Å². The van der Waals surface area contributed by atoms with E-state index in [1.807, 2.05) is 12.1 Å². The van der Waals surface area contributed by atoms with E-state index in [2.05, 4.69) is 52.8 Å². The van der Waals surface area contributed by atoms with Crippen LogP contribution in [0, 0.1) is 0 Å². The number of nitrogens with zero attached hydrogens (tertiary/aromatic N) is 4. The summed E-state index contributed by atoms with van der Waals surface area (Å²) in [6, 6.07) is 7.00. The van der Waals surface area contributed by atoms with Crippen molar-refractivity contribution >= 4 is 26.9 Å². The van der Waals surface area contributed by atoms with E-state index in [-0.39, 0.29) is 16.9 Å². The van der Waals surface area contributed by atoms with Gasteiger partial charge in [-0.25, -0.2) is 27.8 Å². The van der Waals surface area contributed by atoms with Gasteiger partial charge in [0.25, 0.3) is 0 Å². The van der Waals surface area contributed by atoms with Gasteiger partial charge in [-0.2, -0.15) is 5.10 Å². The fourth-order valence-electron chi connectivity index (χ4n) is 2.94. The third kappa shape index (κ3) is 4.91. The van der Waals surface area contributed by atoms with E-state index in [9.17, 15) is 8.42 Å². The van der Waals surface area contributed by atoms with Gasteiger partial charge in [0.2, 0.25) is 10.0 Å². The van der Waals surface area contributed by atoms with Gasteiger partial charge in [-0.1, -0.05) is 39.8 Å². The Kier molecular flexibility index (Phi) is 6.18. The number of nitrogens with one attached hydrogen (secondary N) is 2. The van der Waals surface area contributed by atoms with E-state index in [1.165, 1.54) is 6.33 Å². The third-order valence-electron chi connectivity index (χ3n) is 4.62. The molecule has 0 radical (unpaired) electrons. The Morgan fingerprint density at radius 3 is 2.45 bits per heavy atom. The van der Waals surface area contributed by atoms with Gasteiger partial charge in [0.05, 0.1) is 23.0 Å². The number of hydrogen-bond donors (Lipinski definition) is 2. The molecule has 2 N–H and O–H groups in total. The maximum atomic E-state index is 12.6. The average Bonchev–Trinajstić information content (AvgIpc) is 3.09. The van der Waals surface area contributed by atoms with E-state index >= 15 is 0 Å². The zero-order valence-electron chi connectivity index (χ0n) is 17.3. The maximum absolute atomic E-state index is 12.6. The SMILES string of the molecule is CCCNc1ncnc2c1cnn2CCNS(=O)(=O)c1ccc(C(C)(C)C)cc1. The summed E-state index contributed by atoms with van der Waals surface area (Å²) in [6.07, 6.45) is 4.17. The summed E-state index contributed by atoms with van der Waals surface area (Å²) < 4.78 is 29.5. The van der Waals surface area contributed by atoms with Gasteiger partial charge in [-0.3, -0.25) is 0 Å². The Morgan fingerprint density at radius 1 is 1.07 bits per heavy atom. The van der Waals surface area contributed by atoms with Crippen molar-refractivity contribution in [2.24, 2.45) is 0 Å². The molecule has 0 spiro atoms. The summed E-state index contributed by atoms with van der Waals surface area (Å²) >= 11 is 0. The molecule has 0 aliphatic heterocycles. The lowest BCUT2D eigenvalue weighted by atomic mass is 9.87. The van der Waals surface area contributed by atoms with Crippen LogP contribution in [0.5, 0.6) is 0 Å². The monoisotopic (exact) mass is 416 g/mol. The Bertz CT molecular complexity index is 1070. The summed E-state index contributed by atoms with van der Waals surface area (Å²) in [4.78, 5) is 8.80. The number of hydrogen-bond acceptors (Lipinski definition) is 6. The van der Waals surface area contributed by atoms with E-state index in [0.717, 1.165) is 29.7 Å². The minimum atomic E-state index is -3.59. The molecule has 156 valence electrons. The standard InChI is InChI=1S/C20H28N6O2S/c1-5-10-21-18-17-13-24-26(19(17)23-14-22-18)12-11-25-29(27,28)16-8-6-15(7-9-16)20(2,3)4/h6-9,13-14,25H,5,10-12H2,1-4H3,(H,21,22,23). The van der Waals surface area contributed by atoms with Crippen LogP contribution in [0.2, 0.25) is 0 Å². The molecule has 0 unspecified atom stereocenters. The van der Waals surface area contributed by atoms with Crippen molar-refractivity contribution in [3.05, 3.63) is 42.4 Å². The fourth-order valence-corrected chi connectivity index (χ4v) is 3.97. The molecular formula is C20H28N6O2S. The van der Waals surface area contributed by atoms with Crippen LogP contribution in [0.15, 0.2) is 41.7 Å². The van der Waals surface area contributed by atoms with Crippen LogP contribution in [-0.2, 0) is 22.0 Å². The van der Waals surface area contributed by atoms with Crippen LogP contribution in [0.25, 0.3) is 11.0 Å². The second-order valence-electron chi connectivity index (χ2n) is 7.93. The van der Waals surface area contributed by atoms with Crippen LogP contribution in [0.3, 0.4) is 0 Å². The first kappa shape index (κ1) is 21.2. The summed E-state index contributed by atoms with van der Waals surface area (Å²) in [6.45, 7) is 9.75. The Morgan fingerprint density at radius 2 is 1.79 bits per heavy atom. The van der Waals surface area contributed by atoms with E-state index in [0.29, 0.717) is 12.2 Å². The van der Waals surface area contributed by atoms with Gasteiger partial charge in [0.1, 0.15) is 12.1 Å². The number of fused-ring (bicyclic) bond motifs is 1. The third-order valence-corrected chi connectivity index (χ3v) is 6.10. The minimum absolute atomic E-state index is 0.0242. The van der Waals surface area contributed by atoms with Crippen LogP contribution in [0.1, 0.15) is 39.7 Å². The zero-order valence-corrected chi connectivity index (χ0v) is 18.1. The lowest BCUT2D eigenvalue weighted by Crippen LogP contribution is -2.28. The molecule has 0 atom stereocenters. The molecule has 0 fully saturated rings. The molecule has 0 aliphatic rings. The van der Waals surface area contributed by atoms with Gasteiger partial charge in [-0.15, -0.1) is 0 Å². The van der Waals surface area contributed by atoms with Crippen molar-refractivity contribution in [2.75, 3.05) is 18.4 Å². The first-order valence-corrected chi connectivity index (χ1v) is 11.2. The first-order valence-electron chi connectivity index (χ1n) is 9.73. The second kappa shape index (κ2) is 8.46. The second-order valence-corrected chi connectivity index (χ2v) is 9.69. The molecule has 2 heterocycles. The first-order chi connectivity index (χ1) is 13.7. The molecule has 1 aromatic carbocycles. The highest BCUT2D eigenvalue weighted by molar-refractivity contribution is 7.89. The molecule has 9 heteroatoms. The van der Waals surface area contributed by atoms with Crippen LogP contribution in [0.4, 0.5) is 5.82 Å². The summed E-state index contributed by atoms with van der Waals surface area (Å²) in [7, 11) is -3.59. The number of rotatable bonds is 8. The largest absolute Gasteiger partial charge is 0.369 e. The number of anilines is 1. The lowest BCUT2D eigenvalue weighted by Gasteiger charge is -2.19. The fraction of sp³-hybridized carbons (Fsp3) is 0.450. The van der Waals surface area contributed by atoms with Gasteiger partial charge in [-0.05, 0) is 29.5 Å². The van der Waals surface area contributed by atoms with Crippen molar-refractivity contribution in [3.8, 4) is 0 Å². The average molecular weight is 417 g/mol. The smallest absolute Gasteiger partial charge is 0.240 e. The minimum Gasteiger partial charge on any atom is -0.369 e. The van der Waals surface area contributed by atoms with Gasteiger partial charge >= 0.3 is 0 Å². The van der Waals surface area contributed by atoms with Crippen molar-refractivity contribution in [2.45, 2.75) is 51.0 Å². The van der Waals surface area contributed by atoms with Crippen LogP contribution < -0.4 is 10.0 Å². The molecule has 0 aliphatic carbocycles. The van der Waals surface area contributed by atoms with Gasteiger partial charge in [0.15, 0.2) is 5.65 Å². The summed E-state index contributed by atoms with van der Waals surface area (Å²) in [5, 5.41) is 8.41. The molecule has 8 nitrogen and oxygen atoms in total. The highest BCUT2D eigenvalue weighted by Gasteiger charge is 2.17. The van der Waals surface area contributed by atoms with Crippen LogP contribution >= 0.6 is 0 Å². The lowest BCUT2D eigenvalue weighted by molar-refractivity contribution is 0.563. The molecule has 0 saturated carbocycles. The Labute approximate surface area is 171 Å². The predicted molar refractivity (Wildman–Crippen MR) is 114 cm³/mol. The predicted octanol–water partition coefficient (Wildman–Crippen LogP) is 2.92. The summed E-state index contributed by atoms with van der Waals surface area (Å²) in [5.74, 6) is 0.739.